The van der Waals surface area contributed by atoms with Gasteiger partial charge < -0.3 is 9.88 Å². The molecule has 0 saturated carbocycles. The van der Waals surface area contributed by atoms with Crippen LogP contribution < -0.4 is 5.32 Å². The Morgan fingerprint density at radius 2 is 2.20 bits per heavy atom. The Kier molecular flexibility index (Phi) is 2.79. The van der Waals surface area contributed by atoms with Crippen LogP contribution in [0, 0.1) is 18.3 Å². The van der Waals surface area contributed by atoms with Crippen molar-refractivity contribution in [1.29, 1.82) is 5.26 Å². The highest BCUT2D eigenvalue weighted by atomic mass is 16.1. The monoisotopic (exact) mass is 266 g/mol. The van der Waals surface area contributed by atoms with Gasteiger partial charge in [-0.05, 0) is 31.0 Å². The molecule has 3 rings (SSSR count). The van der Waals surface area contributed by atoms with Crippen LogP contribution >= 0.6 is 0 Å². The molecule has 20 heavy (non-hydrogen) atoms. The summed E-state index contributed by atoms with van der Waals surface area (Å²) < 4.78 is 1.79. The molecule has 0 aliphatic carbocycles. The Hall–Kier alpha value is -2.61. The smallest absolute Gasteiger partial charge is 0.224 e. The number of rotatable bonds is 1. The SMILES string of the molecule is Cc1nc(-c2ccc3c(c2)CCC(=O)N3)c(C#N)n1C. The van der Waals surface area contributed by atoms with Gasteiger partial charge in [-0.3, -0.25) is 4.79 Å². The largest absolute Gasteiger partial charge is 0.326 e. The highest BCUT2D eigenvalue weighted by molar-refractivity contribution is 5.94. The van der Waals surface area contributed by atoms with Crippen molar-refractivity contribution in [3.8, 4) is 17.3 Å². The Morgan fingerprint density at radius 3 is 2.95 bits per heavy atom. The Morgan fingerprint density at radius 1 is 1.40 bits per heavy atom. The summed E-state index contributed by atoms with van der Waals surface area (Å²) >= 11 is 0. The van der Waals surface area contributed by atoms with Crippen LogP contribution in [0.25, 0.3) is 11.3 Å². The first-order chi connectivity index (χ1) is 9.60. The van der Waals surface area contributed by atoms with Gasteiger partial charge in [0.1, 0.15) is 23.3 Å². The maximum absolute atomic E-state index is 11.4. The Balaban J connectivity index is 2.11. The lowest BCUT2D eigenvalue weighted by Crippen LogP contribution is -2.18. The molecule has 1 amide bonds. The van der Waals surface area contributed by atoms with Crippen LogP contribution in [0.15, 0.2) is 18.2 Å². The minimum Gasteiger partial charge on any atom is -0.326 e. The first-order valence-corrected chi connectivity index (χ1v) is 6.46. The van der Waals surface area contributed by atoms with Gasteiger partial charge in [0, 0.05) is 24.7 Å². The fourth-order valence-corrected chi connectivity index (χ4v) is 2.47. The summed E-state index contributed by atoms with van der Waals surface area (Å²) in [6, 6.07) is 7.99. The number of nitriles is 1. The molecule has 1 N–H and O–H groups in total. The summed E-state index contributed by atoms with van der Waals surface area (Å²) in [6.45, 7) is 1.88. The lowest BCUT2D eigenvalue weighted by molar-refractivity contribution is -0.116. The van der Waals surface area contributed by atoms with Gasteiger partial charge in [-0.25, -0.2) is 4.98 Å². The number of hydrogen-bond donors (Lipinski definition) is 1. The number of aromatic nitrogens is 2. The van der Waals surface area contributed by atoms with Crippen LogP contribution in [0.2, 0.25) is 0 Å². The van der Waals surface area contributed by atoms with Crippen molar-refractivity contribution in [2.24, 2.45) is 7.05 Å². The quantitative estimate of drug-likeness (QED) is 0.859. The fraction of sp³-hybridized carbons (Fsp3) is 0.267. The molecule has 0 spiro atoms. The van der Waals surface area contributed by atoms with Crippen LogP contribution in [-0.4, -0.2) is 15.5 Å². The number of anilines is 1. The third kappa shape index (κ3) is 1.86. The van der Waals surface area contributed by atoms with Crippen LogP contribution in [0.5, 0.6) is 0 Å². The average Bonchev–Trinajstić information content (AvgIpc) is 2.73. The van der Waals surface area contributed by atoms with Gasteiger partial charge in [-0.15, -0.1) is 0 Å². The molecule has 1 aliphatic rings. The van der Waals surface area contributed by atoms with Gasteiger partial charge in [0.05, 0.1) is 0 Å². The fourth-order valence-electron chi connectivity index (χ4n) is 2.47. The summed E-state index contributed by atoms with van der Waals surface area (Å²) in [5.74, 6) is 0.860. The summed E-state index contributed by atoms with van der Waals surface area (Å²) in [4.78, 5) is 15.8. The highest BCUT2D eigenvalue weighted by Crippen LogP contribution is 2.30. The predicted molar refractivity (Wildman–Crippen MR) is 75.0 cm³/mol. The number of carbonyl (C=O) groups excluding carboxylic acids is 1. The Bertz CT molecular complexity index is 752. The van der Waals surface area contributed by atoms with Crippen molar-refractivity contribution in [3.63, 3.8) is 0 Å². The van der Waals surface area contributed by atoms with Crippen LogP contribution in [0.1, 0.15) is 23.5 Å². The van der Waals surface area contributed by atoms with E-state index in [1.54, 1.807) is 4.57 Å². The van der Waals surface area contributed by atoms with E-state index in [-0.39, 0.29) is 5.91 Å². The normalized spacial score (nSPS) is 13.6. The summed E-state index contributed by atoms with van der Waals surface area (Å²) in [6.07, 6.45) is 1.23. The zero-order chi connectivity index (χ0) is 14.3. The second-order valence-electron chi connectivity index (χ2n) is 4.95. The predicted octanol–water partition coefficient (Wildman–Crippen LogP) is 2.15. The molecule has 0 fully saturated rings. The number of nitrogens with zero attached hydrogens (tertiary/aromatic N) is 3. The van der Waals surface area contributed by atoms with E-state index in [1.165, 1.54) is 0 Å². The van der Waals surface area contributed by atoms with Crippen molar-refractivity contribution in [2.75, 3.05) is 5.32 Å². The van der Waals surface area contributed by atoms with Gasteiger partial charge >= 0.3 is 0 Å². The van der Waals surface area contributed by atoms with Gasteiger partial charge in [-0.2, -0.15) is 5.26 Å². The number of benzene rings is 1. The molecule has 1 aromatic heterocycles. The standard InChI is InChI=1S/C15H14N4O/c1-9-17-15(13(8-16)19(9)2)11-3-5-12-10(7-11)4-6-14(20)18-12/h3,5,7H,4,6H2,1-2H3,(H,18,20). The van der Waals surface area contributed by atoms with E-state index in [0.717, 1.165) is 29.1 Å². The van der Waals surface area contributed by atoms with Crippen molar-refractivity contribution in [2.45, 2.75) is 19.8 Å². The lowest BCUT2D eigenvalue weighted by Gasteiger charge is -2.17. The second kappa shape index (κ2) is 4.49. The molecule has 1 aromatic carbocycles. The van der Waals surface area contributed by atoms with E-state index < -0.39 is 0 Å². The molecule has 2 heterocycles. The number of fused-ring (bicyclic) bond motifs is 1. The summed E-state index contributed by atoms with van der Waals surface area (Å²) in [7, 11) is 1.84. The number of carbonyl (C=O) groups is 1. The van der Waals surface area contributed by atoms with Crippen LogP contribution in [0.4, 0.5) is 5.69 Å². The molecule has 5 nitrogen and oxygen atoms in total. The minimum absolute atomic E-state index is 0.0524. The van der Waals surface area contributed by atoms with Gasteiger partial charge in [0.25, 0.3) is 0 Å². The van der Waals surface area contributed by atoms with Crippen molar-refractivity contribution in [3.05, 3.63) is 35.3 Å². The van der Waals surface area contributed by atoms with Crippen molar-refractivity contribution in [1.82, 2.24) is 9.55 Å². The molecule has 0 bridgehead atoms. The van der Waals surface area contributed by atoms with Crippen molar-refractivity contribution < 1.29 is 4.79 Å². The molecule has 1 aliphatic heterocycles. The second-order valence-corrected chi connectivity index (χ2v) is 4.95. The molecular weight excluding hydrogens is 252 g/mol. The maximum Gasteiger partial charge on any atom is 0.224 e. The van der Waals surface area contributed by atoms with E-state index in [1.807, 2.05) is 32.2 Å². The number of aryl methyl sites for hydroxylation is 2. The number of hydrogen-bond acceptors (Lipinski definition) is 3. The molecule has 0 atom stereocenters. The summed E-state index contributed by atoms with van der Waals surface area (Å²) in [5, 5.41) is 12.1. The number of nitrogens with one attached hydrogen (secondary N) is 1. The van der Waals surface area contributed by atoms with E-state index >= 15 is 0 Å². The average molecular weight is 266 g/mol. The first-order valence-electron chi connectivity index (χ1n) is 6.46. The highest BCUT2D eigenvalue weighted by Gasteiger charge is 2.18. The molecule has 100 valence electrons. The maximum atomic E-state index is 11.4. The van der Waals surface area contributed by atoms with Gasteiger partial charge in [0.2, 0.25) is 5.91 Å². The molecule has 0 unspecified atom stereocenters. The van der Waals surface area contributed by atoms with Crippen molar-refractivity contribution >= 4 is 11.6 Å². The zero-order valence-corrected chi connectivity index (χ0v) is 11.4. The third-order valence-electron chi connectivity index (χ3n) is 3.70. The molecule has 0 saturated heterocycles. The van der Waals surface area contributed by atoms with E-state index in [2.05, 4.69) is 16.4 Å². The zero-order valence-electron chi connectivity index (χ0n) is 11.4. The van der Waals surface area contributed by atoms with Gasteiger partial charge in [0.15, 0.2) is 0 Å². The number of imidazole rings is 1. The molecule has 2 aromatic rings. The molecule has 5 heteroatoms. The lowest BCUT2D eigenvalue weighted by atomic mass is 9.99. The van der Waals surface area contributed by atoms with E-state index in [4.69, 9.17) is 0 Å². The van der Waals surface area contributed by atoms with E-state index in [9.17, 15) is 10.1 Å². The summed E-state index contributed by atoms with van der Waals surface area (Å²) in [5.41, 5.74) is 4.13. The van der Waals surface area contributed by atoms with Crippen LogP contribution in [0.3, 0.4) is 0 Å². The first kappa shape index (κ1) is 12.4. The van der Waals surface area contributed by atoms with Gasteiger partial charge in [-0.1, -0.05) is 6.07 Å². The van der Waals surface area contributed by atoms with E-state index in [0.29, 0.717) is 17.8 Å². The molecule has 0 radical (unpaired) electrons. The minimum atomic E-state index is 0.0524. The number of amides is 1. The third-order valence-corrected chi connectivity index (χ3v) is 3.70. The van der Waals surface area contributed by atoms with Crippen LogP contribution in [-0.2, 0) is 18.3 Å². The Labute approximate surface area is 116 Å². The topological polar surface area (TPSA) is 70.7 Å². The molecular formula is C15H14N4O.